The lowest BCUT2D eigenvalue weighted by atomic mass is 10.1. The van der Waals surface area contributed by atoms with E-state index in [1.165, 1.54) is 0 Å². The molecule has 3 heterocycles. The molecule has 0 saturated carbocycles. The molecule has 2 aliphatic rings. The molecule has 1 aromatic heterocycles. The van der Waals surface area contributed by atoms with Gasteiger partial charge in [0.05, 0.1) is 11.3 Å². The van der Waals surface area contributed by atoms with Crippen molar-refractivity contribution in [1.29, 1.82) is 0 Å². The maximum Gasteiger partial charge on any atom is 0.257 e. The van der Waals surface area contributed by atoms with Gasteiger partial charge in [-0.3, -0.25) is 4.79 Å². The van der Waals surface area contributed by atoms with Crippen LogP contribution >= 0.6 is 0 Å². The fourth-order valence-electron chi connectivity index (χ4n) is 3.32. The van der Waals surface area contributed by atoms with Crippen molar-refractivity contribution >= 4 is 11.9 Å². The molecule has 0 aliphatic carbocycles. The number of likely N-dealkylation sites (tertiary alicyclic amines) is 1. The molecule has 0 bridgehead atoms. The second kappa shape index (κ2) is 7.44. The smallest absolute Gasteiger partial charge is 0.257 e. The molecule has 2 saturated heterocycles. The molecule has 0 radical (unpaired) electrons. The average Bonchev–Trinajstić information content (AvgIpc) is 2.79. The number of amides is 1. The van der Waals surface area contributed by atoms with Crippen molar-refractivity contribution in [3.05, 3.63) is 17.5 Å². The molecule has 1 unspecified atom stereocenters. The molecule has 2 N–H and O–H groups in total. The van der Waals surface area contributed by atoms with E-state index >= 15 is 0 Å². The lowest BCUT2D eigenvalue weighted by molar-refractivity contribution is 0.0759. The fraction of sp³-hybridized carbons (Fsp3) is 0.706. The minimum Gasteiger partial charge on any atom is -0.338 e. The molecule has 2 fully saturated rings. The summed E-state index contributed by atoms with van der Waals surface area (Å²) < 4.78 is 0. The Morgan fingerprint density at radius 3 is 2.62 bits per heavy atom. The first kappa shape index (κ1) is 17.1. The molecular weight excluding hydrogens is 304 g/mol. The van der Waals surface area contributed by atoms with Crippen molar-refractivity contribution in [3.63, 3.8) is 0 Å². The number of hydrogen-bond acceptors (Lipinski definition) is 6. The van der Waals surface area contributed by atoms with E-state index in [9.17, 15) is 4.79 Å². The van der Waals surface area contributed by atoms with Crippen LogP contribution < -0.4 is 10.6 Å². The van der Waals surface area contributed by atoms with Crippen molar-refractivity contribution in [3.8, 4) is 0 Å². The predicted octanol–water partition coefficient (Wildman–Crippen LogP) is 0.490. The molecular formula is C17H28N6O. The van der Waals surface area contributed by atoms with E-state index in [2.05, 4.69) is 26.8 Å². The first-order valence-corrected chi connectivity index (χ1v) is 8.86. The number of nitrogens with zero attached hydrogens (tertiary/aromatic N) is 5. The molecule has 1 aromatic rings. The van der Waals surface area contributed by atoms with Gasteiger partial charge in [0.1, 0.15) is 0 Å². The number of aromatic nitrogens is 2. The summed E-state index contributed by atoms with van der Waals surface area (Å²) in [6.45, 7) is 7.26. The van der Waals surface area contributed by atoms with Gasteiger partial charge >= 0.3 is 0 Å². The second-order valence-electron chi connectivity index (χ2n) is 6.94. The maximum atomic E-state index is 12.8. The van der Waals surface area contributed by atoms with Gasteiger partial charge in [-0.1, -0.05) is 0 Å². The van der Waals surface area contributed by atoms with Crippen LogP contribution in [0.25, 0.3) is 0 Å². The number of anilines is 1. The highest BCUT2D eigenvalue weighted by molar-refractivity contribution is 5.95. The summed E-state index contributed by atoms with van der Waals surface area (Å²) in [4.78, 5) is 28.2. The van der Waals surface area contributed by atoms with E-state index in [0.717, 1.165) is 70.2 Å². The average molecular weight is 332 g/mol. The van der Waals surface area contributed by atoms with Crippen LogP contribution in [0.1, 0.15) is 35.3 Å². The quantitative estimate of drug-likeness (QED) is 0.849. The van der Waals surface area contributed by atoms with Crippen LogP contribution in [0.4, 0.5) is 5.95 Å². The molecule has 3 rings (SSSR count). The maximum absolute atomic E-state index is 12.8. The van der Waals surface area contributed by atoms with Gasteiger partial charge in [0.25, 0.3) is 5.91 Å². The van der Waals surface area contributed by atoms with Gasteiger partial charge in [0.15, 0.2) is 0 Å². The Balaban J connectivity index is 1.71. The third kappa shape index (κ3) is 3.84. The zero-order valence-corrected chi connectivity index (χ0v) is 14.7. The number of aryl methyl sites for hydroxylation is 1. The molecule has 24 heavy (non-hydrogen) atoms. The molecule has 2 aliphatic heterocycles. The van der Waals surface area contributed by atoms with E-state index in [1.54, 1.807) is 6.20 Å². The molecule has 7 nitrogen and oxygen atoms in total. The van der Waals surface area contributed by atoms with Gasteiger partial charge < -0.3 is 20.4 Å². The van der Waals surface area contributed by atoms with Gasteiger partial charge in [-0.2, -0.15) is 0 Å². The SMILES string of the molecule is Cc1nc(N2CCN(C)CC2)ncc1C(=O)N1CCCC(N)CC1. The summed E-state index contributed by atoms with van der Waals surface area (Å²) in [6, 6.07) is 0.208. The third-order valence-electron chi connectivity index (χ3n) is 5.04. The Labute approximate surface area is 143 Å². The summed E-state index contributed by atoms with van der Waals surface area (Å²) in [7, 11) is 2.12. The highest BCUT2D eigenvalue weighted by Gasteiger charge is 2.23. The summed E-state index contributed by atoms with van der Waals surface area (Å²) in [5.41, 5.74) is 7.38. The van der Waals surface area contributed by atoms with Crippen LogP contribution in [0.2, 0.25) is 0 Å². The number of likely N-dealkylation sites (N-methyl/N-ethyl adjacent to an activating group) is 1. The van der Waals surface area contributed by atoms with Crippen LogP contribution in [-0.2, 0) is 0 Å². The van der Waals surface area contributed by atoms with E-state index in [4.69, 9.17) is 5.73 Å². The number of nitrogens with two attached hydrogens (primary N) is 1. The van der Waals surface area contributed by atoms with Gasteiger partial charge in [0, 0.05) is 51.5 Å². The Bertz CT molecular complexity index is 584. The van der Waals surface area contributed by atoms with Crippen LogP contribution in [0.3, 0.4) is 0 Å². The predicted molar refractivity (Wildman–Crippen MR) is 94.2 cm³/mol. The normalized spacial score (nSPS) is 23.2. The second-order valence-corrected chi connectivity index (χ2v) is 6.94. The Kier molecular flexibility index (Phi) is 5.30. The van der Waals surface area contributed by atoms with Crippen LogP contribution in [0.15, 0.2) is 6.20 Å². The highest BCUT2D eigenvalue weighted by Crippen LogP contribution is 2.17. The lowest BCUT2D eigenvalue weighted by Crippen LogP contribution is -2.45. The monoisotopic (exact) mass is 332 g/mol. The standard InChI is InChI=1S/C17H28N6O/c1-13-15(16(24)22-6-3-4-14(18)5-7-22)12-19-17(20-13)23-10-8-21(2)9-11-23/h12,14H,3-11,18H2,1-2H3. The topological polar surface area (TPSA) is 78.6 Å². The van der Waals surface area contributed by atoms with Gasteiger partial charge in [-0.05, 0) is 33.2 Å². The summed E-state index contributed by atoms with van der Waals surface area (Å²) in [5, 5.41) is 0. The Morgan fingerprint density at radius 1 is 1.17 bits per heavy atom. The van der Waals surface area contributed by atoms with Crippen molar-refractivity contribution in [2.75, 3.05) is 51.2 Å². The van der Waals surface area contributed by atoms with Crippen LogP contribution in [0.5, 0.6) is 0 Å². The van der Waals surface area contributed by atoms with E-state index < -0.39 is 0 Å². The number of piperazine rings is 1. The van der Waals surface area contributed by atoms with Crippen molar-refractivity contribution in [2.45, 2.75) is 32.2 Å². The minimum absolute atomic E-state index is 0.0338. The molecule has 0 spiro atoms. The molecule has 1 atom stereocenters. The lowest BCUT2D eigenvalue weighted by Gasteiger charge is -2.32. The summed E-state index contributed by atoms with van der Waals surface area (Å²) in [6.07, 6.45) is 4.52. The van der Waals surface area contributed by atoms with E-state index in [0.29, 0.717) is 5.56 Å². The van der Waals surface area contributed by atoms with Crippen molar-refractivity contribution < 1.29 is 4.79 Å². The van der Waals surface area contributed by atoms with E-state index in [1.807, 2.05) is 11.8 Å². The van der Waals surface area contributed by atoms with Gasteiger partial charge in [-0.15, -0.1) is 0 Å². The summed E-state index contributed by atoms with van der Waals surface area (Å²) >= 11 is 0. The molecule has 7 heteroatoms. The van der Waals surface area contributed by atoms with Crippen LogP contribution in [-0.4, -0.2) is 78.0 Å². The Hall–Kier alpha value is -1.73. The molecule has 132 valence electrons. The first-order chi connectivity index (χ1) is 11.5. The third-order valence-corrected chi connectivity index (χ3v) is 5.04. The molecule has 0 aromatic carbocycles. The van der Waals surface area contributed by atoms with Crippen molar-refractivity contribution in [2.24, 2.45) is 5.73 Å². The summed E-state index contributed by atoms with van der Waals surface area (Å²) in [5.74, 6) is 0.765. The van der Waals surface area contributed by atoms with Gasteiger partial charge in [-0.25, -0.2) is 9.97 Å². The molecule has 1 amide bonds. The number of carbonyl (C=O) groups is 1. The van der Waals surface area contributed by atoms with E-state index in [-0.39, 0.29) is 11.9 Å². The van der Waals surface area contributed by atoms with Crippen molar-refractivity contribution in [1.82, 2.24) is 19.8 Å². The van der Waals surface area contributed by atoms with Crippen LogP contribution in [0, 0.1) is 6.92 Å². The Morgan fingerprint density at radius 2 is 1.92 bits per heavy atom. The first-order valence-electron chi connectivity index (χ1n) is 8.86. The minimum atomic E-state index is 0.0338. The number of hydrogen-bond donors (Lipinski definition) is 1. The highest BCUT2D eigenvalue weighted by atomic mass is 16.2. The van der Waals surface area contributed by atoms with Gasteiger partial charge in [0.2, 0.25) is 5.95 Å². The zero-order chi connectivity index (χ0) is 17.1. The number of rotatable bonds is 2. The zero-order valence-electron chi connectivity index (χ0n) is 14.7. The largest absolute Gasteiger partial charge is 0.338 e. The fourth-order valence-corrected chi connectivity index (χ4v) is 3.32. The number of carbonyl (C=O) groups excluding carboxylic acids is 1.